The Kier molecular flexibility index (Phi) is 4.81. The molecule has 16 heavy (non-hydrogen) atoms. The zero-order chi connectivity index (χ0) is 12.0. The summed E-state index contributed by atoms with van der Waals surface area (Å²) >= 11 is -2.31. The van der Waals surface area contributed by atoms with E-state index in [2.05, 4.69) is 0 Å². The van der Waals surface area contributed by atoms with E-state index >= 15 is 0 Å². The van der Waals surface area contributed by atoms with E-state index in [-0.39, 0.29) is 23.5 Å². The summed E-state index contributed by atoms with van der Waals surface area (Å²) in [5, 5.41) is 0. The Hall–Kier alpha value is -1.53. The van der Waals surface area contributed by atoms with Crippen molar-refractivity contribution < 1.29 is 23.1 Å². The van der Waals surface area contributed by atoms with Crippen LogP contribution in [0.15, 0.2) is 29.2 Å². The summed E-state index contributed by atoms with van der Waals surface area (Å²) in [5.41, 5.74) is 0.250. The van der Waals surface area contributed by atoms with Gasteiger partial charge in [0.05, 0.1) is 12.2 Å². The standard InChI is InChI=1S/C10H10O5S/c11-6-1-7-15-10(12)8-2-4-9(5-3-8)16(13)14/h2-6H,1,7H2,(H,13,14)/p-1. The molecule has 0 aliphatic heterocycles. The zero-order valence-corrected chi connectivity index (χ0v) is 9.07. The van der Waals surface area contributed by atoms with E-state index in [4.69, 9.17) is 4.74 Å². The molecule has 86 valence electrons. The van der Waals surface area contributed by atoms with Crippen molar-refractivity contribution in [3.05, 3.63) is 29.8 Å². The molecule has 1 aromatic rings. The van der Waals surface area contributed by atoms with E-state index in [1.54, 1.807) is 0 Å². The van der Waals surface area contributed by atoms with Gasteiger partial charge in [-0.3, -0.25) is 4.21 Å². The molecule has 0 aliphatic rings. The molecule has 1 rings (SSSR count). The molecule has 0 heterocycles. The van der Waals surface area contributed by atoms with Crippen LogP contribution in [0.3, 0.4) is 0 Å². The van der Waals surface area contributed by atoms with Crippen LogP contribution in [0.4, 0.5) is 0 Å². The van der Waals surface area contributed by atoms with Crippen molar-refractivity contribution in [3.8, 4) is 0 Å². The molecule has 0 saturated carbocycles. The predicted molar refractivity (Wildman–Crippen MR) is 54.6 cm³/mol. The largest absolute Gasteiger partial charge is 0.768 e. The summed E-state index contributed by atoms with van der Waals surface area (Å²) in [5.74, 6) is -0.579. The Bertz CT molecular complexity index is 398. The number of aldehydes is 1. The lowest BCUT2D eigenvalue weighted by molar-refractivity contribution is -0.108. The average molecular weight is 241 g/mol. The van der Waals surface area contributed by atoms with Crippen LogP contribution in [-0.4, -0.2) is 27.6 Å². The first-order valence-corrected chi connectivity index (χ1v) is 5.52. The summed E-state index contributed by atoms with van der Waals surface area (Å²) < 4.78 is 25.8. The van der Waals surface area contributed by atoms with Crippen molar-refractivity contribution in [1.82, 2.24) is 0 Å². The van der Waals surface area contributed by atoms with E-state index in [0.717, 1.165) is 0 Å². The maximum absolute atomic E-state index is 11.3. The molecule has 0 fully saturated rings. The summed E-state index contributed by atoms with van der Waals surface area (Å²) in [4.78, 5) is 21.4. The summed E-state index contributed by atoms with van der Waals surface area (Å²) in [6.07, 6.45) is 0.797. The normalized spacial score (nSPS) is 11.8. The van der Waals surface area contributed by atoms with Crippen molar-refractivity contribution in [2.45, 2.75) is 11.3 Å². The Labute approximate surface area is 94.7 Å². The van der Waals surface area contributed by atoms with Gasteiger partial charge in [-0.2, -0.15) is 0 Å². The highest BCUT2D eigenvalue weighted by Crippen LogP contribution is 2.08. The van der Waals surface area contributed by atoms with E-state index in [1.807, 2.05) is 0 Å². The number of benzene rings is 1. The van der Waals surface area contributed by atoms with Crippen molar-refractivity contribution in [2.75, 3.05) is 6.61 Å². The Morgan fingerprint density at radius 2 is 2.00 bits per heavy atom. The molecule has 0 aliphatic carbocycles. The second kappa shape index (κ2) is 6.14. The van der Waals surface area contributed by atoms with Crippen LogP contribution < -0.4 is 0 Å². The van der Waals surface area contributed by atoms with Gasteiger partial charge in [0.2, 0.25) is 0 Å². The minimum absolute atomic E-state index is 0.0254. The molecule has 1 aromatic carbocycles. The van der Waals surface area contributed by atoms with E-state index < -0.39 is 17.0 Å². The molecule has 0 spiro atoms. The molecule has 0 bridgehead atoms. The minimum atomic E-state index is -2.31. The second-order valence-electron chi connectivity index (χ2n) is 2.85. The van der Waals surface area contributed by atoms with Crippen LogP contribution in [0.1, 0.15) is 16.8 Å². The van der Waals surface area contributed by atoms with Gasteiger partial charge >= 0.3 is 5.97 Å². The highest BCUT2D eigenvalue weighted by atomic mass is 32.2. The van der Waals surface area contributed by atoms with Gasteiger partial charge < -0.3 is 14.1 Å². The van der Waals surface area contributed by atoms with Crippen LogP contribution >= 0.6 is 0 Å². The lowest BCUT2D eigenvalue weighted by Gasteiger charge is -2.06. The third-order valence-electron chi connectivity index (χ3n) is 1.75. The second-order valence-corrected chi connectivity index (χ2v) is 3.79. The fraction of sp³-hybridized carbons (Fsp3) is 0.200. The number of hydrogen-bond acceptors (Lipinski definition) is 5. The fourth-order valence-electron chi connectivity index (χ4n) is 0.985. The van der Waals surface area contributed by atoms with Crippen LogP contribution in [0, 0.1) is 0 Å². The molecular weight excluding hydrogens is 232 g/mol. The van der Waals surface area contributed by atoms with Crippen LogP contribution in [-0.2, 0) is 20.6 Å². The number of carbonyl (C=O) groups is 2. The Morgan fingerprint density at radius 1 is 1.38 bits per heavy atom. The number of rotatable bonds is 5. The fourth-order valence-corrected chi connectivity index (χ4v) is 1.34. The lowest BCUT2D eigenvalue weighted by atomic mass is 10.2. The molecule has 0 amide bonds. The van der Waals surface area contributed by atoms with Crippen molar-refractivity contribution >= 4 is 23.3 Å². The molecular formula is C10H9O5S-. The maximum atomic E-state index is 11.3. The number of esters is 1. The SMILES string of the molecule is O=CCCOC(=O)c1ccc(S(=O)[O-])cc1. The van der Waals surface area contributed by atoms with E-state index in [9.17, 15) is 18.4 Å². The van der Waals surface area contributed by atoms with Crippen molar-refractivity contribution in [1.29, 1.82) is 0 Å². The van der Waals surface area contributed by atoms with Gasteiger partial charge in [0.15, 0.2) is 0 Å². The maximum Gasteiger partial charge on any atom is 0.338 e. The monoisotopic (exact) mass is 241 g/mol. The number of ether oxygens (including phenoxy) is 1. The quantitative estimate of drug-likeness (QED) is 0.327. The highest BCUT2D eigenvalue weighted by molar-refractivity contribution is 7.79. The highest BCUT2D eigenvalue weighted by Gasteiger charge is 2.06. The minimum Gasteiger partial charge on any atom is -0.768 e. The van der Waals surface area contributed by atoms with Gasteiger partial charge in [-0.15, -0.1) is 0 Å². The zero-order valence-electron chi connectivity index (χ0n) is 8.25. The van der Waals surface area contributed by atoms with Crippen molar-refractivity contribution in [2.24, 2.45) is 0 Å². The number of carbonyl (C=O) groups excluding carboxylic acids is 2. The molecule has 1 atom stereocenters. The number of hydrogen-bond donors (Lipinski definition) is 0. The molecule has 1 unspecified atom stereocenters. The predicted octanol–water partition coefficient (Wildman–Crippen LogP) is 0.670. The van der Waals surface area contributed by atoms with E-state index in [0.29, 0.717) is 6.29 Å². The Morgan fingerprint density at radius 3 is 2.50 bits per heavy atom. The van der Waals surface area contributed by atoms with Gasteiger partial charge in [-0.1, -0.05) is 0 Å². The summed E-state index contributed by atoms with van der Waals surface area (Å²) in [7, 11) is 0. The van der Waals surface area contributed by atoms with Crippen molar-refractivity contribution in [3.63, 3.8) is 0 Å². The molecule has 0 saturated heterocycles. The van der Waals surface area contributed by atoms with Gasteiger partial charge in [0, 0.05) is 11.3 Å². The van der Waals surface area contributed by atoms with Crippen LogP contribution in [0.2, 0.25) is 0 Å². The van der Waals surface area contributed by atoms with Crippen LogP contribution in [0.5, 0.6) is 0 Å². The van der Waals surface area contributed by atoms with E-state index in [1.165, 1.54) is 24.3 Å². The average Bonchev–Trinajstić information content (AvgIpc) is 2.29. The van der Waals surface area contributed by atoms with Gasteiger partial charge in [0.1, 0.15) is 6.29 Å². The third kappa shape index (κ3) is 3.56. The Balaban J connectivity index is 2.63. The van der Waals surface area contributed by atoms with Gasteiger partial charge in [0.25, 0.3) is 0 Å². The topological polar surface area (TPSA) is 83.5 Å². The first kappa shape index (κ1) is 12.5. The first-order chi connectivity index (χ1) is 7.65. The molecule has 6 heteroatoms. The summed E-state index contributed by atoms with van der Waals surface area (Å²) in [6, 6.07) is 5.32. The van der Waals surface area contributed by atoms with Gasteiger partial charge in [-0.25, -0.2) is 4.79 Å². The summed E-state index contributed by atoms with van der Waals surface area (Å²) in [6.45, 7) is 0.0254. The van der Waals surface area contributed by atoms with Gasteiger partial charge in [-0.05, 0) is 35.3 Å². The molecule has 0 aromatic heterocycles. The molecule has 0 radical (unpaired) electrons. The first-order valence-electron chi connectivity index (χ1n) is 4.45. The third-order valence-corrected chi connectivity index (χ3v) is 2.41. The molecule has 0 N–H and O–H groups in total. The molecule has 5 nitrogen and oxygen atoms in total. The van der Waals surface area contributed by atoms with Crippen LogP contribution in [0.25, 0.3) is 0 Å². The lowest BCUT2D eigenvalue weighted by Crippen LogP contribution is -2.06. The smallest absolute Gasteiger partial charge is 0.338 e.